The van der Waals surface area contributed by atoms with Crippen LogP contribution in [0.15, 0.2) is 37.2 Å². The second kappa shape index (κ2) is 9.70. The number of nitrogens with one attached hydrogen (secondary N) is 1. The third-order valence-electron chi connectivity index (χ3n) is 4.10. The van der Waals surface area contributed by atoms with E-state index in [0.29, 0.717) is 4.47 Å². The average Bonchev–Trinajstić information content (AvgIpc) is 2.64. The summed E-state index contributed by atoms with van der Waals surface area (Å²) in [4.78, 5) is 53.1. The van der Waals surface area contributed by atoms with Gasteiger partial charge in [-0.1, -0.05) is 13.8 Å². The summed E-state index contributed by atoms with van der Waals surface area (Å²) in [5.74, 6) is -0.579. The first-order valence-corrected chi connectivity index (χ1v) is 9.72. The first kappa shape index (κ1) is 22.6. The van der Waals surface area contributed by atoms with Crippen LogP contribution >= 0.6 is 15.9 Å². The summed E-state index contributed by atoms with van der Waals surface area (Å²) in [6, 6.07) is 2.89. The molecule has 2 heterocycles. The second-order valence-electron chi connectivity index (χ2n) is 6.85. The fraction of sp³-hybridized carbons (Fsp3) is 0.444. The first-order valence-electron chi connectivity index (χ1n) is 8.93. The number of aromatic amines is 1. The van der Waals surface area contributed by atoms with Crippen molar-refractivity contribution < 1.29 is 9.53 Å². The number of carbonyl (C=O) groups excluding carboxylic acids is 1. The number of nitrogens with two attached hydrogens (primary N) is 1. The van der Waals surface area contributed by atoms with E-state index in [4.69, 9.17) is 10.5 Å². The van der Waals surface area contributed by atoms with Gasteiger partial charge in [0, 0.05) is 36.9 Å². The van der Waals surface area contributed by atoms with Crippen molar-refractivity contribution in [2.75, 3.05) is 30.9 Å². The van der Waals surface area contributed by atoms with E-state index >= 15 is 0 Å². The van der Waals surface area contributed by atoms with Crippen molar-refractivity contribution in [3.63, 3.8) is 0 Å². The van der Waals surface area contributed by atoms with Gasteiger partial charge in [0.15, 0.2) is 5.69 Å². The van der Waals surface area contributed by atoms with Gasteiger partial charge in [-0.05, 0) is 27.9 Å². The molecule has 1 amide bonds. The van der Waals surface area contributed by atoms with Crippen LogP contribution in [0.3, 0.4) is 0 Å². The Bertz CT molecular complexity index is 1060. The number of halogens is 1. The van der Waals surface area contributed by atoms with E-state index in [1.165, 1.54) is 28.5 Å². The Morgan fingerprint density at radius 1 is 1.31 bits per heavy atom. The minimum Gasteiger partial charge on any atom is -0.383 e. The zero-order valence-corrected chi connectivity index (χ0v) is 18.1. The van der Waals surface area contributed by atoms with Gasteiger partial charge in [-0.15, -0.1) is 0 Å². The summed E-state index contributed by atoms with van der Waals surface area (Å²) in [6.45, 7) is 3.89. The molecule has 158 valence electrons. The highest BCUT2D eigenvalue weighted by Gasteiger charge is 2.24. The lowest BCUT2D eigenvalue weighted by molar-refractivity contribution is -0.119. The number of hydrogen-bond acceptors (Lipinski definition) is 6. The number of carbonyl (C=O) groups is 1. The van der Waals surface area contributed by atoms with Crippen molar-refractivity contribution in [3.05, 3.63) is 54.0 Å². The number of aromatic nitrogens is 3. The fourth-order valence-corrected chi connectivity index (χ4v) is 3.16. The standard InChI is InChI=1S/C18H24BrN5O5/c1-11(2)8-24-16(20)15(17(27)21-18(24)28)23(6-7-29-3)14(26)10-22-9-12(19)4-5-13(22)25/h4-5,9,11H,6-8,10,20H2,1-3H3,(H,21,27,28). The molecule has 2 aromatic rings. The van der Waals surface area contributed by atoms with Crippen molar-refractivity contribution in [1.82, 2.24) is 14.1 Å². The maximum absolute atomic E-state index is 13.0. The number of anilines is 2. The summed E-state index contributed by atoms with van der Waals surface area (Å²) < 4.78 is 8.10. The highest BCUT2D eigenvalue weighted by Crippen LogP contribution is 2.18. The molecule has 3 N–H and O–H groups in total. The minimum absolute atomic E-state index is 0.0191. The van der Waals surface area contributed by atoms with E-state index in [1.807, 2.05) is 13.8 Å². The molecule has 0 saturated heterocycles. The molecular weight excluding hydrogens is 446 g/mol. The molecule has 29 heavy (non-hydrogen) atoms. The van der Waals surface area contributed by atoms with Crippen LogP contribution in [0.1, 0.15) is 13.8 Å². The number of ether oxygens (including phenoxy) is 1. The van der Waals surface area contributed by atoms with Gasteiger partial charge in [-0.25, -0.2) is 4.79 Å². The van der Waals surface area contributed by atoms with Gasteiger partial charge in [0.1, 0.15) is 12.4 Å². The molecule has 0 aliphatic heterocycles. The normalized spacial score (nSPS) is 11.1. The van der Waals surface area contributed by atoms with Crippen LogP contribution < -0.4 is 27.4 Å². The van der Waals surface area contributed by atoms with E-state index < -0.39 is 17.2 Å². The van der Waals surface area contributed by atoms with Gasteiger partial charge in [0.25, 0.3) is 11.1 Å². The molecule has 0 radical (unpaired) electrons. The molecule has 2 aromatic heterocycles. The molecule has 0 bridgehead atoms. The molecule has 0 saturated carbocycles. The summed E-state index contributed by atoms with van der Waals surface area (Å²) in [5.41, 5.74) is 4.18. The van der Waals surface area contributed by atoms with Gasteiger partial charge in [0.05, 0.1) is 6.61 Å². The van der Waals surface area contributed by atoms with E-state index in [-0.39, 0.29) is 49.2 Å². The first-order chi connectivity index (χ1) is 13.6. The number of amides is 1. The third kappa shape index (κ3) is 5.45. The molecule has 10 nitrogen and oxygen atoms in total. The summed E-state index contributed by atoms with van der Waals surface area (Å²) in [6.07, 6.45) is 1.47. The molecule has 0 aliphatic rings. The molecule has 0 unspecified atom stereocenters. The summed E-state index contributed by atoms with van der Waals surface area (Å²) in [7, 11) is 1.45. The molecule has 0 atom stereocenters. The van der Waals surface area contributed by atoms with Crippen molar-refractivity contribution in [2.24, 2.45) is 5.92 Å². The minimum atomic E-state index is -0.779. The van der Waals surface area contributed by atoms with Crippen molar-refractivity contribution >= 4 is 33.3 Å². The molecule has 0 aliphatic carbocycles. The molecule has 11 heteroatoms. The number of nitrogens with zero attached hydrogens (tertiary/aromatic N) is 3. The van der Waals surface area contributed by atoms with E-state index in [1.54, 1.807) is 6.07 Å². The zero-order chi connectivity index (χ0) is 21.7. The van der Waals surface area contributed by atoms with Gasteiger partial charge in [-0.3, -0.25) is 23.9 Å². The summed E-state index contributed by atoms with van der Waals surface area (Å²) >= 11 is 3.26. The van der Waals surface area contributed by atoms with Gasteiger partial charge in [0.2, 0.25) is 5.91 Å². The Kier molecular flexibility index (Phi) is 7.57. The highest BCUT2D eigenvalue weighted by molar-refractivity contribution is 9.10. The number of hydrogen-bond donors (Lipinski definition) is 2. The quantitative estimate of drug-likeness (QED) is 0.573. The van der Waals surface area contributed by atoms with Gasteiger partial charge >= 0.3 is 5.69 Å². The number of H-pyrrole nitrogens is 1. The van der Waals surface area contributed by atoms with Crippen LogP contribution in [0, 0.1) is 5.92 Å². The Morgan fingerprint density at radius 2 is 2.00 bits per heavy atom. The third-order valence-corrected chi connectivity index (χ3v) is 4.57. The van der Waals surface area contributed by atoms with Crippen molar-refractivity contribution in [1.29, 1.82) is 0 Å². The molecule has 0 spiro atoms. The van der Waals surface area contributed by atoms with Gasteiger partial charge < -0.3 is 19.9 Å². The Hall–Kier alpha value is -2.66. The molecule has 0 aromatic carbocycles. The molecule has 0 fully saturated rings. The fourth-order valence-electron chi connectivity index (χ4n) is 2.79. The number of rotatable bonds is 8. The van der Waals surface area contributed by atoms with E-state index in [0.717, 1.165) is 4.90 Å². The Balaban J connectivity index is 2.53. The van der Waals surface area contributed by atoms with Crippen LogP contribution in [0.5, 0.6) is 0 Å². The Labute approximate surface area is 175 Å². The van der Waals surface area contributed by atoms with Crippen LogP contribution in [0.25, 0.3) is 0 Å². The lowest BCUT2D eigenvalue weighted by Gasteiger charge is -2.25. The highest BCUT2D eigenvalue weighted by atomic mass is 79.9. The average molecular weight is 470 g/mol. The second-order valence-corrected chi connectivity index (χ2v) is 7.76. The van der Waals surface area contributed by atoms with Crippen LogP contribution in [-0.4, -0.2) is 40.3 Å². The molecule has 2 rings (SSSR count). The predicted molar refractivity (Wildman–Crippen MR) is 113 cm³/mol. The zero-order valence-electron chi connectivity index (χ0n) is 16.5. The maximum atomic E-state index is 13.0. The monoisotopic (exact) mass is 469 g/mol. The maximum Gasteiger partial charge on any atom is 0.330 e. The molecular formula is C18H24BrN5O5. The van der Waals surface area contributed by atoms with E-state index in [9.17, 15) is 19.2 Å². The van der Waals surface area contributed by atoms with Crippen molar-refractivity contribution in [3.8, 4) is 0 Å². The van der Waals surface area contributed by atoms with Crippen LogP contribution in [0.4, 0.5) is 11.5 Å². The van der Waals surface area contributed by atoms with Crippen LogP contribution in [-0.2, 0) is 22.6 Å². The lowest BCUT2D eigenvalue weighted by Crippen LogP contribution is -2.44. The smallest absolute Gasteiger partial charge is 0.330 e. The predicted octanol–water partition coefficient (Wildman–Crippen LogP) is 0.379. The van der Waals surface area contributed by atoms with E-state index in [2.05, 4.69) is 20.9 Å². The number of methoxy groups -OCH3 is 1. The van der Waals surface area contributed by atoms with Gasteiger partial charge in [-0.2, -0.15) is 0 Å². The number of pyridine rings is 1. The summed E-state index contributed by atoms with van der Waals surface area (Å²) in [5, 5.41) is 0. The largest absolute Gasteiger partial charge is 0.383 e. The number of nitrogen functional groups attached to an aromatic ring is 1. The van der Waals surface area contributed by atoms with Crippen molar-refractivity contribution in [2.45, 2.75) is 26.9 Å². The lowest BCUT2D eigenvalue weighted by atomic mass is 10.2. The topological polar surface area (TPSA) is 132 Å². The van der Waals surface area contributed by atoms with Crippen LogP contribution in [0.2, 0.25) is 0 Å². The Morgan fingerprint density at radius 3 is 2.62 bits per heavy atom. The SMILES string of the molecule is COCCN(C(=O)Cn1cc(Br)ccc1=O)c1c(N)n(CC(C)C)c(=O)[nH]c1=O.